The molecule has 1 aromatic carbocycles. The SMILES string of the molecule is CCCCCCCCCCCCCCCCN1CN(C)c2ccccc21. The van der Waals surface area contributed by atoms with Crippen molar-refractivity contribution in [2.75, 3.05) is 30.1 Å². The Hall–Kier alpha value is -1.18. The number of benzene rings is 1. The van der Waals surface area contributed by atoms with Gasteiger partial charge in [-0.3, -0.25) is 0 Å². The summed E-state index contributed by atoms with van der Waals surface area (Å²) >= 11 is 0. The first-order valence-electron chi connectivity index (χ1n) is 11.4. The van der Waals surface area contributed by atoms with Crippen LogP contribution < -0.4 is 9.80 Å². The maximum absolute atomic E-state index is 2.54. The molecule has 0 radical (unpaired) electrons. The highest BCUT2D eigenvalue weighted by molar-refractivity contribution is 5.75. The third kappa shape index (κ3) is 7.60. The number of nitrogens with zero attached hydrogens (tertiary/aromatic N) is 2. The second-order valence-corrected chi connectivity index (χ2v) is 8.19. The lowest BCUT2D eigenvalue weighted by molar-refractivity contribution is 0.535. The molecule has 0 aromatic heterocycles. The number of anilines is 2. The lowest BCUT2D eigenvalue weighted by Crippen LogP contribution is -2.28. The van der Waals surface area contributed by atoms with E-state index in [-0.39, 0.29) is 0 Å². The van der Waals surface area contributed by atoms with Crippen LogP contribution in [0.4, 0.5) is 11.4 Å². The highest BCUT2D eigenvalue weighted by atomic mass is 15.4. The lowest BCUT2D eigenvalue weighted by Gasteiger charge is -2.19. The molecule has 1 aliphatic heterocycles. The summed E-state index contributed by atoms with van der Waals surface area (Å²) in [4.78, 5) is 4.90. The van der Waals surface area contributed by atoms with E-state index in [2.05, 4.69) is 48.0 Å². The van der Waals surface area contributed by atoms with Gasteiger partial charge >= 0.3 is 0 Å². The van der Waals surface area contributed by atoms with Gasteiger partial charge in [0.25, 0.3) is 0 Å². The Morgan fingerprint density at radius 3 is 1.65 bits per heavy atom. The van der Waals surface area contributed by atoms with Crippen molar-refractivity contribution in [3.63, 3.8) is 0 Å². The van der Waals surface area contributed by atoms with Gasteiger partial charge in [0, 0.05) is 13.6 Å². The second kappa shape index (κ2) is 13.1. The summed E-state index contributed by atoms with van der Waals surface area (Å²) in [5.41, 5.74) is 2.81. The molecule has 0 aliphatic carbocycles. The largest absolute Gasteiger partial charge is 0.355 e. The van der Waals surface area contributed by atoms with Gasteiger partial charge in [-0.15, -0.1) is 0 Å². The van der Waals surface area contributed by atoms with Crippen LogP contribution in [0.15, 0.2) is 24.3 Å². The summed E-state index contributed by atoms with van der Waals surface area (Å²) in [7, 11) is 2.20. The van der Waals surface area contributed by atoms with Gasteiger partial charge in [0.05, 0.1) is 18.0 Å². The summed E-state index contributed by atoms with van der Waals surface area (Å²) < 4.78 is 0. The summed E-state index contributed by atoms with van der Waals surface area (Å²) in [6.45, 7) is 4.56. The van der Waals surface area contributed by atoms with Gasteiger partial charge < -0.3 is 9.80 Å². The van der Waals surface area contributed by atoms with Crippen LogP contribution >= 0.6 is 0 Å². The minimum absolute atomic E-state index is 1.05. The molecule has 0 bridgehead atoms. The van der Waals surface area contributed by atoms with Gasteiger partial charge in [-0.25, -0.2) is 0 Å². The zero-order valence-electron chi connectivity index (χ0n) is 17.5. The fourth-order valence-electron chi connectivity index (χ4n) is 4.15. The lowest BCUT2D eigenvalue weighted by atomic mass is 10.0. The van der Waals surface area contributed by atoms with Crippen LogP contribution in [0.1, 0.15) is 96.8 Å². The van der Waals surface area contributed by atoms with Crippen LogP contribution in [0.3, 0.4) is 0 Å². The quantitative estimate of drug-likeness (QED) is 0.302. The van der Waals surface area contributed by atoms with Gasteiger partial charge in [0.1, 0.15) is 0 Å². The van der Waals surface area contributed by atoms with E-state index in [1.54, 1.807) is 0 Å². The summed E-state index contributed by atoms with van der Waals surface area (Å²) in [5, 5.41) is 0. The zero-order valence-corrected chi connectivity index (χ0v) is 17.5. The molecule has 26 heavy (non-hydrogen) atoms. The van der Waals surface area contributed by atoms with Crippen molar-refractivity contribution in [3.05, 3.63) is 24.3 Å². The molecule has 1 aromatic rings. The Kier molecular flexibility index (Phi) is 10.6. The molecule has 2 heteroatoms. The molecule has 0 saturated carbocycles. The summed E-state index contributed by atoms with van der Waals surface area (Å²) in [5.74, 6) is 0. The molecule has 0 amide bonds. The number of para-hydroxylation sites is 2. The first kappa shape index (κ1) is 21.1. The van der Waals surface area contributed by atoms with Crippen molar-refractivity contribution in [2.24, 2.45) is 0 Å². The van der Waals surface area contributed by atoms with Gasteiger partial charge in [0.15, 0.2) is 0 Å². The van der Waals surface area contributed by atoms with Crippen molar-refractivity contribution in [1.29, 1.82) is 0 Å². The third-order valence-electron chi connectivity index (χ3n) is 5.80. The second-order valence-electron chi connectivity index (χ2n) is 8.19. The van der Waals surface area contributed by atoms with E-state index in [9.17, 15) is 0 Å². The predicted octanol–water partition coefficient (Wildman–Crippen LogP) is 7.38. The minimum Gasteiger partial charge on any atom is -0.355 e. The highest BCUT2D eigenvalue weighted by Crippen LogP contribution is 2.34. The Morgan fingerprint density at radius 1 is 0.654 bits per heavy atom. The maximum atomic E-state index is 2.54. The maximum Gasteiger partial charge on any atom is 0.0901 e. The standard InChI is InChI=1S/C24H42N2/c1-3-4-5-6-7-8-9-10-11-12-13-14-15-18-21-26-22-25(2)23-19-16-17-20-24(23)26/h16-17,19-20H,3-15,18,21-22H2,1-2H3. The molecule has 0 unspecified atom stereocenters. The Labute approximate surface area is 163 Å². The van der Waals surface area contributed by atoms with Gasteiger partial charge in [-0.2, -0.15) is 0 Å². The highest BCUT2D eigenvalue weighted by Gasteiger charge is 2.21. The van der Waals surface area contributed by atoms with E-state index >= 15 is 0 Å². The molecule has 0 atom stereocenters. The van der Waals surface area contributed by atoms with Crippen molar-refractivity contribution in [3.8, 4) is 0 Å². The van der Waals surface area contributed by atoms with Crippen LogP contribution in [-0.2, 0) is 0 Å². The zero-order chi connectivity index (χ0) is 18.5. The van der Waals surface area contributed by atoms with Gasteiger partial charge in [-0.05, 0) is 18.6 Å². The number of fused-ring (bicyclic) bond motifs is 1. The normalized spacial score (nSPS) is 13.5. The number of unbranched alkanes of at least 4 members (excludes halogenated alkanes) is 13. The van der Waals surface area contributed by atoms with Gasteiger partial charge in [0.2, 0.25) is 0 Å². The molecule has 148 valence electrons. The first-order valence-corrected chi connectivity index (χ1v) is 11.4. The molecule has 1 aliphatic rings. The molecule has 2 rings (SSSR count). The predicted molar refractivity (Wildman–Crippen MR) is 117 cm³/mol. The average Bonchev–Trinajstić information content (AvgIpc) is 2.98. The van der Waals surface area contributed by atoms with Crippen LogP contribution in [0, 0.1) is 0 Å². The van der Waals surface area contributed by atoms with Crippen LogP contribution in [0.5, 0.6) is 0 Å². The molecule has 1 heterocycles. The molecule has 0 spiro atoms. The van der Waals surface area contributed by atoms with Crippen molar-refractivity contribution < 1.29 is 0 Å². The van der Waals surface area contributed by atoms with E-state index in [0.29, 0.717) is 0 Å². The summed E-state index contributed by atoms with van der Waals surface area (Å²) in [6.07, 6.45) is 20.1. The number of hydrogen-bond donors (Lipinski definition) is 0. The minimum atomic E-state index is 1.05. The van der Waals surface area contributed by atoms with E-state index in [1.165, 1.54) is 108 Å². The molecule has 0 fully saturated rings. The summed E-state index contributed by atoms with van der Waals surface area (Å²) in [6, 6.07) is 8.81. The topological polar surface area (TPSA) is 6.48 Å². The average molecular weight is 359 g/mol. The van der Waals surface area contributed by atoms with E-state index in [0.717, 1.165) is 6.67 Å². The molecule has 0 N–H and O–H groups in total. The third-order valence-corrected chi connectivity index (χ3v) is 5.80. The first-order chi connectivity index (χ1) is 12.8. The van der Waals surface area contributed by atoms with E-state index < -0.39 is 0 Å². The smallest absolute Gasteiger partial charge is 0.0901 e. The van der Waals surface area contributed by atoms with Crippen molar-refractivity contribution in [2.45, 2.75) is 96.8 Å². The number of hydrogen-bond acceptors (Lipinski definition) is 2. The Bertz CT molecular complexity index is 471. The number of rotatable bonds is 15. The van der Waals surface area contributed by atoms with Gasteiger partial charge in [-0.1, -0.05) is 103 Å². The molecular formula is C24H42N2. The Morgan fingerprint density at radius 2 is 1.12 bits per heavy atom. The van der Waals surface area contributed by atoms with Crippen LogP contribution in [0.2, 0.25) is 0 Å². The monoisotopic (exact) mass is 358 g/mol. The van der Waals surface area contributed by atoms with Crippen molar-refractivity contribution >= 4 is 11.4 Å². The van der Waals surface area contributed by atoms with Crippen molar-refractivity contribution in [1.82, 2.24) is 0 Å². The van der Waals surface area contributed by atoms with E-state index in [1.807, 2.05) is 0 Å². The van der Waals surface area contributed by atoms with Crippen LogP contribution in [-0.4, -0.2) is 20.3 Å². The molecular weight excluding hydrogens is 316 g/mol. The van der Waals surface area contributed by atoms with Crippen LogP contribution in [0.25, 0.3) is 0 Å². The Balaban J connectivity index is 1.38. The van der Waals surface area contributed by atoms with E-state index in [4.69, 9.17) is 0 Å². The molecule has 2 nitrogen and oxygen atoms in total. The molecule has 0 saturated heterocycles. The fraction of sp³-hybridized carbons (Fsp3) is 0.750. The fourth-order valence-corrected chi connectivity index (χ4v) is 4.15.